The molecule has 6 nitrogen and oxygen atoms in total. The molecule has 0 aliphatic heterocycles. The Labute approximate surface area is 116 Å². The highest BCUT2D eigenvalue weighted by atomic mass is 19.1. The van der Waals surface area contributed by atoms with E-state index in [1.54, 1.807) is 11.8 Å². The van der Waals surface area contributed by atoms with Gasteiger partial charge in [-0.15, -0.1) is 0 Å². The number of carbonyl (C=O) groups excluding carboxylic acids is 1. The molecular formula is C12H19F2N5O. The number of hydrazine groups is 1. The summed E-state index contributed by atoms with van der Waals surface area (Å²) in [7, 11) is 0. The van der Waals surface area contributed by atoms with E-state index in [9.17, 15) is 13.6 Å². The molecule has 1 aromatic heterocycles. The lowest BCUT2D eigenvalue weighted by molar-refractivity contribution is -0.131. The van der Waals surface area contributed by atoms with Crippen LogP contribution in [-0.2, 0) is 4.79 Å². The Kier molecular flexibility index (Phi) is 5.63. The van der Waals surface area contributed by atoms with Crippen LogP contribution in [0.5, 0.6) is 0 Å². The van der Waals surface area contributed by atoms with Gasteiger partial charge in [0.1, 0.15) is 6.04 Å². The van der Waals surface area contributed by atoms with Crippen molar-refractivity contribution in [1.82, 2.24) is 9.88 Å². The van der Waals surface area contributed by atoms with Crippen molar-refractivity contribution in [2.75, 3.05) is 23.8 Å². The minimum atomic E-state index is -0.904. The van der Waals surface area contributed by atoms with Crippen LogP contribution in [0.2, 0.25) is 0 Å². The summed E-state index contributed by atoms with van der Waals surface area (Å²) >= 11 is 0. The van der Waals surface area contributed by atoms with Crippen molar-refractivity contribution in [3.8, 4) is 0 Å². The molecule has 0 aliphatic rings. The van der Waals surface area contributed by atoms with Crippen LogP contribution < -0.4 is 16.6 Å². The van der Waals surface area contributed by atoms with Gasteiger partial charge in [0.15, 0.2) is 23.3 Å². The van der Waals surface area contributed by atoms with Crippen LogP contribution in [0.15, 0.2) is 6.07 Å². The third-order valence-electron chi connectivity index (χ3n) is 2.86. The van der Waals surface area contributed by atoms with Crippen LogP contribution in [0, 0.1) is 11.6 Å². The van der Waals surface area contributed by atoms with E-state index in [-0.39, 0.29) is 17.5 Å². The van der Waals surface area contributed by atoms with Crippen LogP contribution in [0.25, 0.3) is 0 Å². The van der Waals surface area contributed by atoms with Crippen LogP contribution >= 0.6 is 0 Å². The molecule has 0 radical (unpaired) electrons. The fourth-order valence-electron chi connectivity index (χ4n) is 1.74. The summed E-state index contributed by atoms with van der Waals surface area (Å²) < 4.78 is 26.8. The third-order valence-corrected chi connectivity index (χ3v) is 2.86. The molecule has 8 heteroatoms. The monoisotopic (exact) mass is 287 g/mol. The molecular weight excluding hydrogens is 268 g/mol. The fraction of sp³-hybridized carbons (Fsp3) is 0.500. The van der Waals surface area contributed by atoms with Crippen LogP contribution in [0.3, 0.4) is 0 Å². The van der Waals surface area contributed by atoms with E-state index in [4.69, 9.17) is 5.84 Å². The zero-order valence-corrected chi connectivity index (χ0v) is 11.7. The van der Waals surface area contributed by atoms with Crippen molar-refractivity contribution >= 4 is 17.5 Å². The average Bonchev–Trinajstić information content (AvgIpc) is 2.42. The van der Waals surface area contributed by atoms with Gasteiger partial charge in [-0.25, -0.2) is 19.6 Å². The largest absolute Gasteiger partial charge is 0.356 e. The number of carbonyl (C=O) groups is 1. The number of anilines is 2. The van der Waals surface area contributed by atoms with E-state index in [2.05, 4.69) is 10.3 Å². The molecule has 1 unspecified atom stereocenters. The van der Waals surface area contributed by atoms with Crippen molar-refractivity contribution in [1.29, 1.82) is 0 Å². The number of nitrogen functional groups attached to an aromatic ring is 1. The van der Waals surface area contributed by atoms with Gasteiger partial charge in [-0.2, -0.15) is 0 Å². The summed E-state index contributed by atoms with van der Waals surface area (Å²) in [6.07, 6.45) is 0. The molecule has 4 N–H and O–H groups in total. The van der Waals surface area contributed by atoms with E-state index in [1.165, 1.54) is 0 Å². The van der Waals surface area contributed by atoms with Crippen molar-refractivity contribution in [2.24, 2.45) is 5.84 Å². The Morgan fingerprint density at radius 2 is 1.90 bits per heavy atom. The number of rotatable bonds is 6. The van der Waals surface area contributed by atoms with Crippen LogP contribution in [0.4, 0.5) is 20.4 Å². The number of hydrogen-bond donors (Lipinski definition) is 3. The Balaban J connectivity index is 2.90. The van der Waals surface area contributed by atoms with Crippen molar-refractivity contribution in [2.45, 2.75) is 26.8 Å². The summed E-state index contributed by atoms with van der Waals surface area (Å²) in [4.78, 5) is 17.3. The number of likely N-dealkylation sites (N-methyl/N-ethyl adjacent to an activating group) is 1. The quantitative estimate of drug-likeness (QED) is 0.543. The molecule has 0 aromatic carbocycles. The van der Waals surface area contributed by atoms with Crippen LogP contribution in [-0.4, -0.2) is 34.9 Å². The second-order valence-corrected chi connectivity index (χ2v) is 4.17. The van der Waals surface area contributed by atoms with Crippen molar-refractivity contribution < 1.29 is 13.6 Å². The average molecular weight is 287 g/mol. The lowest BCUT2D eigenvalue weighted by Gasteiger charge is -2.24. The van der Waals surface area contributed by atoms with E-state index >= 15 is 0 Å². The summed E-state index contributed by atoms with van der Waals surface area (Å²) in [6, 6.07) is -0.0351. The smallest absolute Gasteiger partial charge is 0.244 e. The maximum atomic E-state index is 13.6. The SMILES string of the molecule is CCN(CC)C(=O)C(C)Nc1nc(NN)c(F)cc1F. The maximum absolute atomic E-state index is 13.6. The van der Waals surface area contributed by atoms with Gasteiger partial charge < -0.3 is 15.6 Å². The predicted octanol–water partition coefficient (Wildman–Crippen LogP) is 1.31. The molecule has 0 fully saturated rings. The van der Waals surface area contributed by atoms with E-state index in [0.29, 0.717) is 19.2 Å². The third kappa shape index (κ3) is 3.53. The summed E-state index contributed by atoms with van der Waals surface area (Å²) in [6.45, 7) is 6.38. The summed E-state index contributed by atoms with van der Waals surface area (Å²) in [5.74, 6) is 2.56. The highest BCUT2D eigenvalue weighted by molar-refractivity contribution is 5.84. The van der Waals surface area contributed by atoms with Gasteiger partial charge in [-0.05, 0) is 20.8 Å². The van der Waals surface area contributed by atoms with Gasteiger partial charge in [0.05, 0.1) is 0 Å². The van der Waals surface area contributed by atoms with Crippen molar-refractivity contribution in [3.05, 3.63) is 17.7 Å². The highest BCUT2D eigenvalue weighted by Crippen LogP contribution is 2.19. The normalized spacial score (nSPS) is 11.9. The second-order valence-electron chi connectivity index (χ2n) is 4.17. The molecule has 0 bridgehead atoms. The number of nitrogens with zero attached hydrogens (tertiary/aromatic N) is 2. The molecule has 1 rings (SSSR count). The number of aromatic nitrogens is 1. The first-order valence-electron chi connectivity index (χ1n) is 6.32. The van der Waals surface area contributed by atoms with E-state index in [1.807, 2.05) is 19.3 Å². The first-order chi connectivity index (χ1) is 9.44. The number of halogens is 2. The Hall–Kier alpha value is -1.96. The topological polar surface area (TPSA) is 83.3 Å². The molecule has 112 valence electrons. The molecule has 0 saturated heterocycles. The number of hydrogen-bond acceptors (Lipinski definition) is 5. The zero-order chi connectivity index (χ0) is 15.3. The van der Waals surface area contributed by atoms with E-state index < -0.39 is 17.7 Å². The lowest BCUT2D eigenvalue weighted by atomic mass is 10.2. The van der Waals surface area contributed by atoms with Gasteiger partial charge >= 0.3 is 0 Å². The molecule has 1 heterocycles. The van der Waals surface area contributed by atoms with Crippen LogP contribution in [0.1, 0.15) is 20.8 Å². The number of amides is 1. The molecule has 1 aromatic rings. The standard InChI is InChI=1S/C12H19F2N5O/c1-4-19(5-2)12(20)7(3)16-10-8(13)6-9(14)11(17-10)18-15/h6-7H,4-5,15H2,1-3H3,(H2,16,17,18). The molecule has 0 spiro atoms. The first kappa shape index (κ1) is 16.1. The molecule has 0 aliphatic carbocycles. The number of nitrogens with one attached hydrogen (secondary N) is 2. The lowest BCUT2D eigenvalue weighted by Crippen LogP contribution is -2.41. The number of nitrogens with two attached hydrogens (primary N) is 1. The van der Waals surface area contributed by atoms with Gasteiger partial charge in [0, 0.05) is 19.2 Å². The van der Waals surface area contributed by atoms with E-state index in [0.717, 1.165) is 0 Å². The molecule has 1 atom stereocenters. The minimum Gasteiger partial charge on any atom is -0.356 e. The molecule has 20 heavy (non-hydrogen) atoms. The van der Waals surface area contributed by atoms with Gasteiger partial charge in [-0.3, -0.25) is 4.79 Å². The maximum Gasteiger partial charge on any atom is 0.244 e. The zero-order valence-electron chi connectivity index (χ0n) is 11.7. The fourth-order valence-corrected chi connectivity index (χ4v) is 1.74. The molecule has 1 amide bonds. The highest BCUT2D eigenvalue weighted by Gasteiger charge is 2.20. The Morgan fingerprint density at radius 1 is 1.35 bits per heavy atom. The predicted molar refractivity (Wildman–Crippen MR) is 73.0 cm³/mol. The van der Waals surface area contributed by atoms with Gasteiger partial charge in [0.2, 0.25) is 5.91 Å². The second kappa shape index (κ2) is 6.99. The minimum absolute atomic E-state index is 0.192. The Bertz CT molecular complexity index is 479. The summed E-state index contributed by atoms with van der Waals surface area (Å²) in [5, 5.41) is 2.62. The first-order valence-corrected chi connectivity index (χ1v) is 6.32. The van der Waals surface area contributed by atoms with Gasteiger partial charge in [-0.1, -0.05) is 0 Å². The Morgan fingerprint density at radius 3 is 2.40 bits per heavy atom. The summed E-state index contributed by atoms with van der Waals surface area (Å²) in [5.41, 5.74) is 2.02. The van der Waals surface area contributed by atoms with Crippen molar-refractivity contribution in [3.63, 3.8) is 0 Å². The number of pyridine rings is 1. The molecule has 0 saturated carbocycles. The van der Waals surface area contributed by atoms with Gasteiger partial charge in [0.25, 0.3) is 0 Å².